The number of nitrogens with zero attached hydrogens (tertiary/aromatic N) is 4. The van der Waals surface area contributed by atoms with E-state index in [1.165, 1.54) is 16.8 Å². The van der Waals surface area contributed by atoms with Crippen LogP contribution >= 0.6 is 12.2 Å². The fraction of sp³-hybridized carbons (Fsp3) is 0.364. The van der Waals surface area contributed by atoms with E-state index in [1.54, 1.807) is 4.68 Å². The number of aromatic amines is 1. The molecule has 3 rings (SSSR count). The third-order valence-electron chi connectivity index (χ3n) is 5.07. The minimum Gasteiger partial charge on any atom is -0.550 e. The van der Waals surface area contributed by atoms with Crippen LogP contribution in [0.25, 0.3) is 5.69 Å². The number of nitrogens with one attached hydrogen (secondary N) is 2. The molecule has 0 saturated carbocycles. The van der Waals surface area contributed by atoms with E-state index in [-0.39, 0.29) is 57.8 Å². The number of hydrogen-bond acceptors (Lipinski definition) is 7. The Balaban J connectivity index is 0.00000363. The minimum absolute atomic E-state index is 0. The Kier molecular flexibility index (Phi) is 11.0. The molecular formula is C22H27KN6O2S. The monoisotopic (exact) mass is 478 g/mol. The van der Waals surface area contributed by atoms with Crippen molar-refractivity contribution in [2.75, 3.05) is 29.9 Å². The van der Waals surface area contributed by atoms with Crippen LogP contribution in [0.3, 0.4) is 0 Å². The molecule has 0 aliphatic heterocycles. The summed E-state index contributed by atoms with van der Waals surface area (Å²) in [6.45, 7) is 6.46. The number of carbonyl (C=O) groups is 1. The van der Waals surface area contributed by atoms with Crippen molar-refractivity contribution in [2.45, 2.75) is 33.1 Å². The molecule has 0 amide bonds. The van der Waals surface area contributed by atoms with Crippen LogP contribution in [-0.4, -0.2) is 45.8 Å². The molecule has 2 N–H and O–H groups in total. The summed E-state index contributed by atoms with van der Waals surface area (Å²) in [6, 6.07) is 14.1. The predicted molar refractivity (Wildman–Crippen MR) is 122 cm³/mol. The van der Waals surface area contributed by atoms with Crippen LogP contribution in [-0.2, 0) is 4.79 Å². The molecule has 0 bridgehead atoms. The quantitative estimate of drug-likeness (QED) is 0.223. The van der Waals surface area contributed by atoms with Gasteiger partial charge in [0.1, 0.15) is 0 Å². The van der Waals surface area contributed by atoms with Crippen molar-refractivity contribution in [1.82, 2.24) is 20.2 Å². The summed E-state index contributed by atoms with van der Waals surface area (Å²) in [4.78, 5) is 13.1. The Hall–Kier alpha value is -1.56. The standard InChI is InChI=1S/C22H28N6O2S.K/c1-16-7-3-8-17(2)21(16)27(13-5-11-20(29)30)14-6-12-23-18-9-4-10-19(15-18)28-22(31)24-25-26-28;/h3-4,7-10,15,23H,5-6,11-14H2,1-2H3,(H,29,30)(H,24,26,31);/q;+1/p-1. The van der Waals surface area contributed by atoms with Gasteiger partial charge in [0, 0.05) is 37.0 Å². The van der Waals surface area contributed by atoms with E-state index >= 15 is 0 Å². The molecule has 0 spiro atoms. The SMILES string of the molecule is Cc1cccc(C)c1N(CCCNc1cccc(-n2[nH]nnc2=S)c1)CCCC(=O)[O-].[K+]. The zero-order valence-electron chi connectivity index (χ0n) is 18.8. The number of tetrazole rings is 1. The van der Waals surface area contributed by atoms with Crippen molar-refractivity contribution < 1.29 is 61.3 Å². The molecule has 1 aromatic heterocycles. The maximum Gasteiger partial charge on any atom is 1.00 e. The van der Waals surface area contributed by atoms with Gasteiger partial charge in [0.15, 0.2) is 0 Å². The maximum absolute atomic E-state index is 10.8. The molecule has 32 heavy (non-hydrogen) atoms. The van der Waals surface area contributed by atoms with Gasteiger partial charge in [0.25, 0.3) is 0 Å². The molecular weight excluding hydrogens is 451 g/mol. The van der Waals surface area contributed by atoms with E-state index in [4.69, 9.17) is 12.2 Å². The van der Waals surface area contributed by atoms with Crippen molar-refractivity contribution in [3.8, 4) is 5.69 Å². The Labute approximate surface area is 235 Å². The molecule has 8 nitrogen and oxygen atoms in total. The van der Waals surface area contributed by atoms with Crippen LogP contribution in [0.4, 0.5) is 11.4 Å². The first-order valence-electron chi connectivity index (χ1n) is 10.3. The Morgan fingerprint density at radius 1 is 1.16 bits per heavy atom. The van der Waals surface area contributed by atoms with E-state index in [2.05, 4.69) is 51.7 Å². The van der Waals surface area contributed by atoms with Gasteiger partial charge in [-0.2, -0.15) is 5.21 Å². The van der Waals surface area contributed by atoms with E-state index in [0.717, 1.165) is 30.9 Å². The molecule has 0 radical (unpaired) electrons. The van der Waals surface area contributed by atoms with Crippen molar-refractivity contribution in [3.05, 3.63) is 58.4 Å². The normalized spacial score (nSPS) is 10.4. The summed E-state index contributed by atoms with van der Waals surface area (Å²) in [7, 11) is 0. The number of carboxylic acid groups (broad SMARTS) is 1. The average Bonchev–Trinajstić information content (AvgIpc) is 3.16. The van der Waals surface area contributed by atoms with Crippen LogP contribution in [0.1, 0.15) is 30.4 Å². The third-order valence-corrected chi connectivity index (χ3v) is 5.34. The first-order chi connectivity index (χ1) is 15.0. The molecule has 3 aromatic rings. The topological polar surface area (TPSA) is 102 Å². The number of para-hydroxylation sites is 1. The van der Waals surface area contributed by atoms with E-state index in [0.29, 0.717) is 17.7 Å². The number of carboxylic acids is 1. The van der Waals surface area contributed by atoms with Crippen molar-refractivity contribution in [1.29, 1.82) is 0 Å². The minimum atomic E-state index is -1.00. The number of H-pyrrole nitrogens is 1. The van der Waals surface area contributed by atoms with Crippen LogP contribution in [0.15, 0.2) is 42.5 Å². The molecule has 0 fully saturated rings. The summed E-state index contributed by atoms with van der Waals surface area (Å²) < 4.78 is 2.01. The second-order valence-electron chi connectivity index (χ2n) is 7.45. The zero-order chi connectivity index (χ0) is 22.2. The number of benzene rings is 2. The number of rotatable bonds is 11. The Bertz CT molecular complexity index is 1060. The zero-order valence-corrected chi connectivity index (χ0v) is 22.7. The predicted octanol–water partition coefficient (Wildman–Crippen LogP) is -0.216. The van der Waals surface area contributed by atoms with E-state index in [1.807, 2.05) is 30.3 Å². The summed E-state index contributed by atoms with van der Waals surface area (Å²) in [5.74, 6) is -1.00. The van der Waals surface area contributed by atoms with Crippen molar-refractivity contribution >= 4 is 29.6 Å². The summed E-state index contributed by atoms with van der Waals surface area (Å²) in [5.41, 5.74) is 5.41. The van der Waals surface area contributed by atoms with Crippen molar-refractivity contribution in [3.63, 3.8) is 0 Å². The molecule has 164 valence electrons. The van der Waals surface area contributed by atoms with Crippen LogP contribution in [0.2, 0.25) is 0 Å². The van der Waals surface area contributed by atoms with Crippen LogP contribution < -0.4 is 66.7 Å². The largest absolute Gasteiger partial charge is 1.00 e. The Morgan fingerprint density at radius 3 is 2.50 bits per heavy atom. The van der Waals surface area contributed by atoms with Gasteiger partial charge in [-0.25, -0.2) is 4.68 Å². The smallest absolute Gasteiger partial charge is 0.550 e. The first-order valence-corrected chi connectivity index (χ1v) is 10.7. The molecule has 0 aliphatic rings. The van der Waals surface area contributed by atoms with Crippen LogP contribution in [0.5, 0.6) is 0 Å². The van der Waals surface area contributed by atoms with Crippen molar-refractivity contribution in [2.24, 2.45) is 0 Å². The molecule has 0 aliphatic carbocycles. The first kappa shape index (κ1) is 26.7. The number of aromatic nitrogens is 4. The molecule has 0 atom stereocenters. The van der Waals surface area contributed by atoms with Gasteiger partial charge in [0.2, 0.25) is 4.77 Å². The summed E-state index contributed by atoms with van der Waals surface area (Å²) in [6.07, 6.45) is 1.52. The number of aryl methyl sites for hydroxylation is 2. The maximum atomic E-state index is 10.8. The van der Waals surface area contributed by atoms with Gasteiger partial charge in [0.05, 0.1) is 5.69 Å². The average molecular weight is 479 g/mol. The fourth-order valence-electron chi connectivity index (χ4n) is 3.68. The number of hydrogen-bond donors (Lipinski definition) is 2. The third kappa shape index (κ3) is 7.50. The number of anilines is 2. The molecule has 0 unspecified atom stereocenters. The fourth-order valence-corrected chi connectivity index (χ4v) is 3.86. The Morgan fingerprint density at radius 2 is 1.84 bits per heavy atom. The van der Waals surface area contributed by atoms with E-state index in [9.17, 15) is 9.90 Å². The second kappa shape index (κ2) is 13.2. The summed E-state index contributed by atoms with van der Waals surface area (Å²) in [5, 5.41) is 24.6. The summed E-state index contributed by atoms with van der Waals surface area (Å²) >= 11 is 5.16. The van der Waals surface area contributed by atoms with Gasteiger partial charge in [-0.1, -0.05) is 34.6 Å². The number of carbonyl (C=O) groups excluding carboxylic acids is 1. The second-order valence-corrected chi connectivity index (χ2v) is 7.82. The van der Waals surface area contributed by atoms with E-state index < -0.39 is 5.97 Å². The van der Waals surface area contributed by atoms with Gasteiger partial charge in [-0.3, -0.25) is 0 Å². The molecule has 10 heteroatoms. The van der Waals surface area contributed by atoms with Gasteiger partial charge >= 0.3 is 51.4 Å². The molecule has 2 aromatic carbocycles. The van der Waals surface area contributed by atoms with Gasteiger partial charge < -0.3 is 20.1 Å². The molecule has 0 saturated heterocycles. The van der Waals surface area contributed by atoms with Gasteiger partial charge in [-0.05, 0) is 74.7 Å². The molecule has 1 heterocycles. The van der Waals surface area contributed by atoms with Crippen LogP contribution in [0, 0.1) is 18.6 Å². The van der Waals surface area contributed by atoms with Gasteiger partial charge in [-0.15, -0.1) is 0 Å². The number of aliphatic carboxylic acids is 1.